The van der Waals surface area contributed by atoms with Crippen LogP contribution in [0, 0.1) is 0 Å². The summed E-state index contributed by atoms with van der Waals surface area (Å²) in [7, 11) is -3.44. The minimum atomic E-state index is -3.44. The van der Waals surface area contributed by atoms with E-state index in [-0.39, 0.29) is 5.82 Å². The molecule has 1 aromatic heterocycles. The average molecular weight is 368 g/mol. The summed E-state index contributed by atoms with van der Waals surface area (Å²) in [5.41, 5.74) is 1.12. The zero-order valence-electron chi connectivity index (χ0n) is 13.4. The summed E-state index contributed by atoms with van der Waals surface area (Å²) in [6.45, 7) is 1.95. The monoisotopic (exact) mass is 368 g/mol. The highest BCUT2D eigenvalue weighted by Crippen LogP contribution is 2.23. The average Bonchev–Trinajstić information content (AvgIpc) is 2.50. The Morgan fingerprint density at radius 1 is 1.21 bits per heavy atom. The van der Waals surface area contributed by atoms with Crippen LogP contribution >= 0.6 is 11.8 Å². The van der Waals surface area contributed by atoms with Gasteiger partial charge in [0.05, 0.1) is 12.4 Å². The first-order valence-corrected chi connectivity index (χ1v) is 10.1. The van der Waals surface area contributed by atoms with E-state index in [9.17, 15) is 13.5 Å². The van der Waals surface area contributed by atoms with Crippen LogP contribution in [0.4, 0.5) is 11.6 Å². The first-order chi connectivity index (χ1) is 11.3. The Kier molecular flexibility index (Phi) is 6.41. The van der Waals surface area contributed by atoms with Crippen LogP contribution in [-0.2, 0) is 15.8 Å². The largest absolute Gasteiger partial charge is 0.392 e. The van der Waals surface area contributed by atoms with Crippen LogP contribution < -0.4 is 10.0 Å². The van der Waals surface area contributed by atoms with E-state index in [0.717, 1.165) is 11.8 Å². The molecule has 0 aliphatic heterocycles. The molecule has 3 N–H and O–H groups in total. The summed E-state index contributed by atoms with van der Waals surface area (Å²) in [5.74, 6) is 1.31. The van der Waals surface area contributed by atoms with Gasteiger partial charge in [0.25, 0.3) is 0 Å². The van der Waals surface area contributed by atoms with E-state index >= 15 is 0 Å². The predicted molar refractivity (Wildman–Crippen MR) is 96.7 cm³/mol. The van der Waals surface area contributed by atoms with Crippen molar-refractivity contribution in [2.24, 2.45) is 0 Å². The van der Waals surface area contributed by atoms with Crippen molar-refractivity contribution < 1.29 is 13.5 Å². The fourth-order valence-electron chi connectivity index (χ4n) is 1.80. The molecule has 9 heteroatoms. The Morgan fingerprint density at radius 3 is 2.50 bits per heavy atom. The highest BCUT2D eigenvalue weighted by atomic mass is 32.2. The zero-order chi connectivity index (χ0) is 17.6. The van der Waals surface area contributed by atoms with Crippen LogP contribution in [-0.4, -0.2) is 42.4 Å². The number of thioether (sulfide) groups is 1. The van der Waals surface area contributed by atoms with E-state index in [0.29, 0.717) is 23.3 Å². The number of hydrogen-bond acceptors (Lipinski definition) is 7. The van der Waals surface area contributed by atoms with Gasteiger partial charge in [-0.2, -0.15) is 0 Å². The minimum Gasteiger partial charge on any atom is -0.392 e. The minimum absolute atomic E-state index is 0.191. The van der Waals surface area contributed by atoms with Gasteiger partial charge in [0.1, 0.15) is 11.6 Å². The van der Waals surface area contributed by atoms with E-state index in [1.54, 1.807) is 6.92 Å². The van der Waals surface area contributed by atoms with Crippen molar-refractivity contribution >= 4 is 33.4 Å². The zero-order valence-corrected chi connectivity index (χ0v) is 15.1. The van der Waals surface area contributed by atoms with Crippen molar-refractivity contribution in [3.05, 3.63) is 42.0 Å². The molecule has 0 spiro atoms. The molecule has 0 saturated heterocycles. The van der Waals surface area contributed by atoms with Crippen LogP contribution in [0.3, 0.4) is 0 Å². The Labute approximate surface area is 146 Å². The molecule has 0 aliphatic rings. The molecule has 0 aliphatic carbocycles. The van der Waals surface area contributed by atoms with E-state index in [1.807, 2.05) is 30.3 Å². The van der Waals surface area contributed by atoms with Gasteiger partial charge in [-0.3, -0.25) is 4.72 Å². The normalized spacial score (nSPS) is 12.6. The summed E-state index contributed by atoms with van der Waals surface area (Å²) in [5, 5.41) is 12.8. The summed E-state index contributed by atoms with van der Waals surface area (Å²) >= 11 is 1.40. The molecule has 0 saturated carbocycles. The molecule has 130 valence electrons. The molecule has 0 unspecified atom stereocenters. The second kappa shape index (κ2) is 8.32. The molecule has 0 amide bonds. The number of anilines is 2. The van der Waals surface area contributed by atoms with Gasteiger partial charge in [-0.05, 0) is 12.5 Å². The lowest BCUT2D eigenvalue weighted by Gasteiger charge is -2.11. The number of aliphatic hydroxyl groups excluding tert-OH is 1. The van der Waals surface area contributed by atoms with Gasteiger partial charge < -0.3 is 10.4 Å². The third-order valence-electron chi connectivity index (χ3n) is 2.78. The topological polar surface area (TPSA) is 104 Å². The molecule has 1 heterocycles. The van der Waals surface area contributed by atoms with Gasteiger partial charge in [-0.25, -0.2) is 18.4 Å². The first-order valence-electron chi connectivity index (χ1n) is 7.27. The van der Waals surface area contributed by atoms with Crippen molar-refractivity contribution in [1.29, 1.82) is 0 Å². The maximum Gasteiger partial charge on any atom is 0.230 e. The number of benzene rings is 1. The molecule has 0 radical (unpaired) electrons. The Morgan fingerprint density at radius 2 is 1.88 bits per heavy atom. The lowest BCUT2D eigenvalue weighted by atomic mass is 10.2. The molecule has 2 rings (SSSR count). The molecule has 24 heavy (non-hydrogen) atoms. The molecular weight excluding hydrogens is 348 g/mol. The van der Waals surface area contributed by atoms with Crippen LogP contribution in [0.5, 0.6) is 0 Å². The van der Waals surface area contributed by atoms with Gasteiger partial charge in [-0.1, -0.05) is 42.1 Å². The number of sulfonamides is 1. The summed E-state index contributed by atoms with van der Waals surface area (Å²) in [4.78, 5) is 8.57. The van der Waals surface area contributed by atoms with Crippen LogP contribution in [0.1, 0.15) is 12.5 Å². The molecule has 1 atom stereocenters. The number of nitrogens with zero attached hydrogens (tertiary/aromatic N) is 2. The number of hydrogen-bond donors (Lipinski definition) is 3. The lowest BCUT2D eigenvalue weighted by molar-refractivity contribution is 0.208. The third-order valence-corrected chi connectivity index (χ3v) is 4.28. The molecule has 7 nitrogen and oxygen atoms in total. The summed E-state index contributed by atoms with van der Waals surface area (Å²) < 4.78 is 25.2. The summed E-state index contributed by atoms with van der Waals surface area (Å²) in [6, 6.07) is 11.3. The Bertz CT molecular complexity index is 768. The van der Waals surface area contributed by atoms with Crippen LogP contribution in [0.25, 0.3) is 0 Å². The number of nitrogens with one attached hydrogen (secondary N) is 2. The SMILES string of the molecule is C[C@H](O)CNc1cc(NS(C)(=O)=O)nc(SCc2ccccc2)n1. The van der Waals surface area contributed by atoms with E-state index in [1.165, 1.54) is 17.8 Å². The van der Waals surface area contributed by atoms with Crippen molar-refractivity contribution in [1.82, 2.24) is 9.97 Å². The highest BCUT2D eigenvalue weighted by molar-refractivity contribution is 7.98. The van der Waals surface area contributed by atoms with E-state index in [2.05, 4.69) is 20.0 Å². The molecule has 2 aromatic rings. The van der Waals surface area contributed by atoms with Gasteiger partial charge in [-0.15, -0.1) is 0 Å². The van der Waals surface area contributed by atoms with Gasteiger partial charge in [0.2, 0.25) is 10.0 Å². The fourth-order valence-corrected chi connectivity index (χ4v) is 3.10. The van der Waals surface area contributed by atoms with E-state index in [4.69, 9.17) is 0 Å². The lowest BCUT2D eigenvalue weighted by Crippen LogP contribution is -2.17. The van der Waals surface area contributed by atoms with Crippen molar-refractivity contribution in [3.63, 3.8) is 0 Å². The van der Waals surface area contributed by atoms with Gasteiger partial charge in [0.15, 0.2) is 5.16 Å². The second-order valence-electron chi connectivity index (χ2n) is 5.30. The molecule has 1 aromatic carbocycles. The maximum atomic E-state index is 11.4. The van der Waals surface area contributed by atoms with Gasteiger partial charge in [0, 0.05) is 18.4 Å². The third kappa shape index (κ3) is 6.73. The summed E-state index contributed by atoms with van der Waals surface area (Å²) in [6.07, 6.45) is 0.515. The predicted octanol–water partition coefficient (Wildman–Crippen LogP) is 1.93. The van der Waals surface area contributed by atoms with Crippen molar-refractivity contribution in [3.8, 4) is 0 Å². The second-order valence-corrected chi connectivity index (χ2v) is 7.99. The fraction of sp³-hybridized carbons (Fsp3) is 0.333. The number of aromatic nitrogens is 2. The van der Waals surface area contributed by atoms with Gasteiger partial charge >= 0.3 is 0 Å². The first kappa shape index (κ1) is 18.5. The number of rotatable bonds is 8. The smallest absolute Gasteiger partial charge is 0.230 e. The Balaban J connectivity index is 2.17. The molecule has 0 fully saturated rings. The van der Waals surface area contributed by atoms with E-state index < -0.39 is 16.1 Å². The van der Waals surface area contributed by atoms with Crippen LogP contribution in [0.15, 0.2) is 41.6 Å². The van der Waals surface area contributed by atoms with Crippen LogP contribution in [0.2, 0.25) is 0 Å². The van der Waals surface area contributed by atoms with Crippen molar-refractivity contribution in [2.45, 2.75) is 23.9 Å². The van der Waals surface area contributed by atoms with Crippen molar-refractivity contribution in [2.75, 3.05) is 22.8 Å². The highest BCUT2D eigenvalue weighted by Gasteiger charge is 2.10. The quantitative estimate of drug-likeness (QED) is 0.483. The molecular formula is C15H20N4O3S2. The molecule has 0 bridgehead atoms. The Hall–Kier alpha value is -1.84. The standard InChI is InChI=1S/C15H20N4O3S2/c1-11(20)9-16-13-8-14(19-24(2,21)22)18-15(17-13)23-10-12-6-4-3-5-7-12/h3-8,11,20H,9-10H2,1-2H3,(H2,16,17,18,19)/t11-/m0/s1. The maximum absolute atomic E-state index is 11.4. The number of aliphatic hydroxyl groups is 1.